The number of nitrogens with zero attached hydrogens (tertiary/aromatic N) is 2. The second-order valence-electron chi connectivity index (χ2n) is 8.81. The van der Waals surface area contributed by atoms with Crippen LogP contribution in [-0.4, -0.2) is 55.8 Å². The third kappa shape index (κ3) is 2.65. The lowest BCUT2D eigenvalue weighted by atomic mass is 9.53. The second-order valence-corrected chi connectivity index (χ2v) is 8.81. The van der Waals surface area contributed by atoms with Crippen LogP contribution in [0, 0.1) is 5.92 Å². The summed E-state index contributed by atoms with van der Waals surface area (Å²) >= 11 is 0. The monoisotopic (exact) mass is 357 g/mol. The first kappa shape index (κ1) is 18.1. The van der Waals surface area contributed by atoms with Gasteiger partial charge in [0.15, 0.2) is 0 Å². The molecule has 4 nitrogen and oxygen atoms in total. The third-order valence-electron chi connectivity index (χ3n) is 7.58. The van der Waals surface area contributed by atoms with E-state index >= 15 is 0 Å². The fourth-order valence-electron chi connectivity index (χ4n) is 6.26. The lowest BCUT2D eigenvalue weighted by Gasteiger charge is -2.56. The summed E-state index contributed by atoms with van der Waals surface area (Å²) in [6.45, 7) is 5.32. The predicted octanol–water partition coefficient (Wildman–Crippen LogP) is 3.13. The molecule has 2 bridgehead atoms. The molecule has 1 aromatic carbocycles. The summed E-state index contributed by atoms with van der Waals surface area (Å²) in [4.78, 5) is 4.75. The van der Waals surface area contributed by atoms with Crippen LogP contribution in [0.2, 0.25) is 0 Å². The Balaban J connectivity index is 0.00000168. The van der Waals surface area contributed by atoms with Gasteiger partial charge in [-0.3, -0.25) is 0 Å². The van der Waals surface area contributed by atoms with Crippen LogP contribution in [0.25, 0.3) is 0 Å². The molecular formula is C22H35N3O. The minimum absolute atomic E-state index is 0. The van der Waals surface area contributed by atoms with E-state index in [9.17, 15) is 5.11 Å². The van der Waals surface area contributed by atoms with E-state index in [4.69, 9.17) is 0 Å². The largest absolute Gasteiger partial charge is 0.506 e. The first-order valence-corrected chi connectivity index (χ1v) is 10.2. The number of likely N-dealkylation sites (N-methyl/N-ethyl adjacent to an activating group) is 1. The van der Waals surface area contributed by atoms with E-state index < -0.39 is 0 Å². The molecule has 0 spiro atoms. The van der Waals surface area contributed by atoms with Gasteiger partial charge in [0.05, 0.1) is 5.69 Å². The van der Waals surface area contributed by atoms with Gasteiger partial charge < -0.3 is 20.2 Å². The molecule has 2 heterocycles. The van der Waals surface area contributed by atoms with Crippen molar-refractivity contribution in [2.24, 2.45) is 5.92 Å². The lowest BCUT2D eigenvalue weighted by Crippen LogP contribution is -2.59. The van der Waals surface area contributed by atoms with Crippen molar-refractivity contribution in [3.8, 4) is 5.75 Å². The van der Waals surface area contributed by atoms with Gasteiger partial charge in [0.2, 0.25) is 0 Å². The molecule has 2 saturated heterocycles. The van der Waals surface area contributed by atoms with Crippen LogP contribution in [0.1, 0.15) is 50.7 Å². The normalized spacial score (nSPS) is 33.8. The SMILES string of the molecule is C.CN1CCN(c2cc3c(cc2O)[C@]24CCCC[C@@H]2[C@H](C3)NCC4)CC1. The van der Waals surface area contributed by atoms with Gasteiger partial charge in [-0.25, -0.2) is 0 Å². The van der Waals surface area contributed by atoms with Crippen LogP contribution in [0.4, 0.5) is 5.69 Å². The van der Waals surface area contributed by atoms with Crippen LogP contribution in [0.15, 0.2) is 12.1 Å². The standard InChI is InChI=1S/C21H31N3O.CH4/c1-23-8-10-24(11-9-23)19-13-15-12-18-16-4-2-3-5-21(16,6-7-22-18)17(15)14-20(19)25;/h13-14,16,18,22,25H,2-12H2,1H3;1H4/t16-,18+,21+;/m1./s1. The Morgan fingerprint density at radius 1 is 1.12 bits per heavy atom. The summed E-state index contributed by atoms with van der Waals surface area (Å²) in [7, 11) is 2.18. The van der Waals surface area contributed by atoms with Crippen molar-refractivity contribution in [3.05, 3.63) is 23.3 Å². The molecule has 2 aliphatic heterocycles. The zero-order valence-corrected chi connectivity index (χ0v) is 15.4. The van der Waals surface area contributed by atoms with Gasteiger partial charge in [-0.15, -0.1) is 0 Å². The van der Waals surface area contributed by atoms with E-state index in [2.05, 4.69) is 34.3 Å². The van der Waals surface area contributed by atoms with Crippen LogP contribution in [0.5, 0.6) is 5.75 Å². The highest BCUT2D eigenvalue weighted by Crippen LogP contribution is 2.55. The Morgan fingerprint density at radius 2 is 1.92 bits per heavy atom. The van der Waals surface area contributed by atoms with Gasteiger partial charge in [0.25, 0.3) is 0 Å². The number of piperazine rings is 1. The Kier molecular flexibility index (Phi) is 4.68. The summed E-state index contributed by atoms with van der Waals surface area (Å²) in [5.41, 5.74) is 4.39. The molecule has 26 heavy (non-hydrogen) atoms. The van der Waals surface area contributed by atoms with E-state index in [0.29, 0.717) is 17.2 Å². The number of phenolic OH excluding ortho intramolecular Hbond substituents is 1. The van der Waals surface area contributed by atoms with Gasteiger partial charge in [0.1, 0.15) is 5.75 Å². The number of hydrogen-bond acceptors (Lipinski definition) is 4. The van der Waals surface area contributed by atoms with Crippen molar-refractivity contribution in [1.29, 1.82) is 0 Å². The van der Waals surface area contributed by atoms with Gasteiger partial charge >= 0.3 is 0 Å². The number of aromatic hydroxyl groups is 1. The van der Waals surface area contributed by atoms with Crippen molar-refractivity contribution in [1.82, 2.24) is 10.2 Å². The molecule has 0 aromatic heterocycles. The predicted molar refractivity (Wildman–Crippen MR) is 108 cm³/mol. The maximum absolute atomic E-state index is 10.9. The molecule has 1 saturated carbocycles. The van der Waals surface area contributed by atoms with Crippen molar-refractivity contribution < 1.29 is 5.11 Å². The zero-order valence-electron chi connectivity index (χ0n) is 15.4. The molecule has 144 valence electrons. The second kappa shape index (κ2) is 6.72. The summed E-state index contributed by atoms with van der Waals surface area (Å²) in [5, 5.41) is 14.7. The fourth-order valence-corrected chi connectivity index (χ4v) is 6.26. The van der Waals surface area contributed by atoms with E-state index in [0.717, 1.165) is 50.7 Å². The number of phenols is 1. The maximum Gasteiger partial charge on any atom is 0.139 e. The van der Waals surface area contributed by atoms with Crippen LogP contribution in [-0.2, 0) is 11.8 Å². The van der Waals surface area contributed by atoms with Crippen molar-refractivity contribution in [2.45, 2.75) is 57.4 Å². The first-order valence-electron chi connectivity index (χ1n) is 10.2. The molecule has 3 fully saturated rings. The zero-order chi connectivity index (χ0) is 17.0. The van der Waals surface area contributed by atoms with Crippen LogP contribution in [0.3, 0.4) is 0 Å². The number of rotatable bonds is 1. The van der Waals surface area contributed by atoms with Crippen LogP contribution >= 0.6 is 0 Å². The van der Waals surface area contributed by atoms with Crippen molar-refractivity contribution in [3.63, 3.8) is 0 Å². The molecule has 3 atom stereocenters. The minimum Gasteiger partial charge on any atom is -0.506 e. The average Bonchev–Trinajstić information content (AvgIpc) is 2.63. The topological polar surface area (TPSA) is 38.7 Å². The van der Waals surface area contributed by atoms with E-state index in [1.807, 2.05) is 0 Å². The van der Waals surface area contributed by atoms with Gasteiger partial charge in [-0.2, -0.15) is 0 Å². The molecule has 0 amide bonds. The highest BCUT2D eigenvalue weighted by molar-refractivity contribution is 5.64. The summed E-state index contributed by atoms with van der Waals surface area (Å²) in [6.07, 6.45) is 7.79. The number of benzene rings is 1. The van der Waals surface area contributed by atoms with E-state index in [1.54, 1.807) is 0 Å². The Bertz CT molecular complexity index is 664. The first-order chi connectivity index (χ1) is 12.2. The number of nitrogens with one attached hydrogen (secondary N) is 1. The van der Waals surface area contributed by atoms with Gasteiger partial charge in [0, 0.05) is 37.6 Å². The van der Waals surface area contributed by atoms with E-state index in [1.165, 1.54) is 43.2 Å². The number of anilines is 1. The Hall–Kier alpha value is -1.26. The maximum atomic E-state index is 10.9. The molecule has 4 heteroatoms. The molecule has 4 aliphatic rings. The van der Waals surface area contributed by atoms with Crippen molar-refractivity contribution in [2.75, 3.05) is 44.7 Å². The number of piperidine rings is 1. The fraction of sp³-hybridized carbons (Fsp3) is 0.727. The van der Waals surface area contributed by atoms with Gasteiger partial charge in [-0.05, 0) is 68.5 Å². The Labute approximate surface area is 158 Å². The van der Waals surface area contributed by atoms with Gasteiger partial charge in [-0.1, -0.05) is 20.3 Å². The molecule has 5 rings (SSSR count). The van der Waals surface area contributed by atoms with E-state index in [-0.39, 0.29) is 7.43 Å². The average molecular weight is 358 g/mol. The Morgan fingerprint density at radius 3 is 2.73 bits per heavy atom. The summed E-state index contributed by atoms with van der Waals surface area (Å²) in [5.74, 6) is 1.29. The van der Waals surface area contributed by atoms with Crippen molar-refractivity contribution >= 4 is 5.69 Å². The smallest absolute Gasteiger partial charge is 0.139 e. The molecular weight excluding hydrogens is 322 g/mol. The lowest BCUT2D eigenvalue weighted by molar-refractivity contribution is 0.0795. The summed E-state index contributed by atoms with van der Waals surface area (Å²) < 4.78 is 0. The molecule has 0 radical (unpaired) electrons. The quantitative estimate of drug-likeness (QED) is 0.810. The minimum atomic E-state index is 0. The highest BCUT2D eigenvalue weighted by Gasteiger charge is 2.51. The summed E-state index contributed by atoms with van der Waals surface area (Å²) in [6, 6.07) is 5.15. The molecule has 0 unspecified atom stereocenters. The third-order valence-corrected chi connectivity index (χ3v) is 7.58. The van der Waals surface area contributed by atoms with Crippen LogP contribution < -0.4 is 10.2 Å². The number of fused-ring (bicyclic) bond motifs is 1. The highest BCUT2D eigenvalue weighted by atomic mass is 16.3. The molecule has 1 aromatic rings. The molecule has 2 aliphatic carbocycles. The molecule has 2 N–H and O–H groups in total. The number of hydrogen-bond donors (Lipinski definition) is 2.